The summed E-state index contributed by atoms with van der Waals surface area (Å²) in [5.74, 6) is -1.72. The Morgan fingerprint density at radius 3 is 1.27 bits per heavy atom. The first-order chi connectivity index (χ1) is 17.6. The van der Waals surface area contributed by atoms with E-state index >= 15 is 0 Å². The van der Waals surface area contributed by atoms with E-state index < -0.39 is 21.8 Å². The van der Waals surface area contributed by atoms with Gasteiger partial charge in [-0.1, -0.05) is 50.2 Å². The molecule has 204 valence electrons. The monoisotopic (exact) mass is 656 g/mol. The number of hydrogen-bond donors (Lipinski definition) is 2. The van der Waals surface area contributed by atoms with Crippen LogP contribution in [0.4, 0.5) is 0 Å². The average Bonchev–Trinajstić information content (AvgIpc) is 2.90. The number of carbonyl (C=O) groups is 2. The third-order valence-electron chi connectivity index (χ3n) is 5.07. The molecule has 2 aromatic rings. The number of para-hydroxylation sites is 2. The molecule has 0 heterocycles. The minimum absolute atomic E-state index is 0.149. The Balaban J connectivity index is 0.000000541. The normalized spacial score (nSPS) is 13.1. The van der Waals surface area contributed by atoms with E-state index in [2.05, 4.69) is 39.1 Å². The molecule has 0 saturated carbocycles. The molecule has 0 radical (unpaired) electrons. The molecule has 0 aliphatic heterocycles. The zero-order valence-corrected chi connectivity index (χ0v) is 26.9. The van der Waals surface area contributed by atoms with E-state index in [0.717, 1.165) is 0 Å². The molecular weight excluding hydrogens is 615 g/mol. The number of unbranched alkanes of at least 4 members (excludes halogenated alkanes) is 2. The van der Waals surface area contributed by atoms with Gasteiger partial charge in [0.1, 0.15) is 11.5 Å². The van der Waals surface area contributed by atoms with Crippen molar-refractivity contribution in [2.45, 2.75) is 85.0 Å². The van der Waals surface area contributed by atoms with Gasteiger partial charge >= 0.3 is 69.5 Å². The molecule has 9 heteroatoms. The number of hydrogen-bond acceptors (Lipinski definition) is 8. The molecule has 0 spiro atoms. The number of carboxylic acid groups (broad SMARTS) is 2. The molecule has 0 aliphatic rings. The van der Waals surface area contributed by atoms with Crippen LogP contribution in [0.2, 0.25) is 8.87 Å². The fourth-order valence-electron chi connectivity index (χ4n) is 2.61. The number of benzene rings is 2. The third-order valence-corrected chi connectivity index (χ3v) is 10.3. The predicted molar refractivity (Wildman–Crippen MR) is 153 cm³/mol. The fraction of sp³-hybridized carbons (Fsp3) is 0.500. The van der Waals surface area contributed by atoms with Gasteiger partial charge < -0.3 is 29.3 Å². The van der Waals surface area contributed by atoms with Gasteiger partial charge in [0.05, 0.1) is 11.9 Å². The second kappa shape index (κ2) is 20.4. The fourth-order valence-corrected chi connectivity index (χ4v) is 6.98. The summed E-state index contributed by atoms with van der Waals surface area (Å²) in [6, 6.07) is 17.3. The van der Waals surface area contributed by atoms with Crippen LogP contribution >= 0.6 is 25.3 Å². The van der Waals surface area contributed by atoms with E-state index in [-0.39, 0.29) is 34.0 Å². The van der Waals surface area contributed by atoms with E-state index in [1.165, 1.54) is 25.7 Å². The predicted octanol–water partition coefficient (Wildman–Crippen LogP) is 4.83. The second-order valence-corrected chi connectivity index (χ2v) is 13.9. The van der Waals surface area contributed by atoms with E-state index in [1.54, 1.807) is 71.3 Å². The van der Waals surface area contributed by atoms with Crippen molar-refractivity contribution in [3.63, 3.8) is 0 Å². The molecule has 0 bridgehead atoms. The number of rotatable bonds is 14. The topological polar surface area (TPSA) is 98.7 Å². The maximum atomic E-state index is 10.7. The summed E-state index contributed by atoms with van der Waals surface area (Å²) in [4.78, 5) is 18.4. The molecular formula is C28H40O6S2Sn. The van der Waals surface area contributed by atoms with Crippen molar-refractivity contribution in [2.75, 3.05) is 0 Å². The van der Waals surface area contributed by atoms with Gasteiger partial charge in [0, 0.05) is 0 Å². The van der Waals surface area contributed by atoms with Crippen molar-refractivity contribution in [2.24, 2.45) is 0 Å². The van der Waals surface area contributed by atoms with Crippen LogP contribution in [0.15, 0.2) is 60.7 Å². The Kier molecular flexibility index (Phi) is 19.6. The van der Waals surface area contributed by atoms with Gasteiger partial charge in [-0.25, -0.2) is 0 Å². The van der Waals surface area contributed by atoms with Crippen LogP contribution in [-0.2, 0) is 9.59 Å². The summed E-state index contributed by atoms with van der Waals surface area (Å²) in [5, 5.41) is 21.5. The zero-order chi connectivity index (χ0) is 28.2. The molecule has 37 heavy (non-hydrogen) atoms. The molecule has 0 amide bonds. The number of ether oxygens (including phenoxy) is 2. The van der Waals surface area contributed by atoms with Gasteiger partial charge in [0.15, 0.2) is 9.87 Å². The number of carboxylic acids is 2. The third kappa shape index (κ3) is 15.5. The molecule has 0 aliphatic carbocycles. The van der Waals surface area contributed by atoms with E-state index in [9.17, 15) is 19.8 Å². The van der Waals surface area contributed by atoms with Crippen molar-refractivity contribution in [1.29, 1.82) is 0 Å². The summed E-state index contributed by atoms with van der Waals surface area (Å²) < 4.78 is 13.7. The quantitative estimate of drug-likeness (QED) is 0.131. The van der Waals surface area contributed by atoms with Crippen LogP contribution in [0.25, 0.3) is 0 Å². The summed E-state index contributed by atoms with van der Waals surface area (Å²) in [7, 11) is 0. The Hall–Kier alpha value is -1.52. The van der Waals surface area contributed by atoms with Gasteiger partial charge in [-0.15, -0.1) is 25.3 Å². The molecule has 2 atom stereocenters. The van der Waals surface area contributed by atoms with Crippen molar-refractivity contribution in [1.82, 2.24) is 0 Å². The molecule has 0 saturated heterocycles. The molecule has 2 unspecified atom stereocenters. The van der Waals surface area contributed by atoms with Gasteiger partial charge in [0.2, 0.25) is 0 Å². The average molecular weight is 655 g/mol. The standard InChI is InChI=1S/2C10H12O3S.2C4H9.Sn/c2*1-2-10(14,9(11)12)13-8-6-4-3-5-7-8;2*1-3-4-2;/h2*3-7,14H,2H2,1H3,(H,11,12);2*1,3-4H2,2H3;/q;;;;+2/p-2. The van der Waals surface area contributed by atoms with Crippen LogP contribution in [0.1, 0.15) is 66.2 Å². The summed E-state index contributed by atoms with van der Waals surface area (Å²) in [6.45, 7) is 7.93. The van der Waals surface area contributed by atoms with Crippen LogP contribution in [-0.4, -0.2) is 42.9 Å². The summed E-state index contributed by atoms with van der Waals surface area (Å²) in [6.07, 6.45) is 6.30. The number of thiol groups is 2. The van der Waals surface area contributed by atoms with Gasteiger partial charge in [0.25, 0.3) is 0 Å². The molecule has 0 N–H and O–H groups in total. The van der Waals surface area contributed by atoms with Crippen LogP contribution < -0.4 is 19.7 Å². The van der Waals surface area contributed by atoms with Crippen molar-refractivity contribution >= 4 is 58.3 Å². The van der Waals surface area contributed by atoms with E-state index in [4.69, 9.17) is 9.47 Å². The Labute approximate surface area is 243 Å². The van der Waals surface area contributed by atoms with Crippen molar-refractivity contribution < 1.29 is 29.3 Å². The van der Waals surface area contributed by atoms with Gasteiger partial charge in [-0.05, 0) is 37.1 Å². The van der Waals surface area contributed by atoms with Crippen LogP contribution in [0.3, 0.4) is 0 Å². The first-order valence-corrected chi connectivity index (χ1v) is 17.6. The number of carbonyl (C=O) groups excluding carboxylic acids is 2. The molecule has 0 fully saturated rings. The van der Waals surface area contributed by atoms with Gasteiger partial charge in [-0.3, -0.25) is 0 Å². The second-order valence-electron chi connectivity index (χ2n) is 8.14. The number of aliphatic carboxylic acids is 2. The van der Waals surface area contributed by atoms with Crippen molar-refractivity contribution in [3.05, 3.63) is 60.7 Å². The molecule has 2 aromatic carbocycles. The Morgan fingerprint density at radius 1 is 0.703 bits per heavy atom. The minimum atomic E-state index is -1.55. The Morgan fingerprint density at radius 2 is 1.03 bits per heavy atom. The molecule has 2 rings (SSSR count). The van der Waals surface area contributed by atoms with E-state index in [1.807, 2.05) is 12.1 Å². The zero-order valence-electron chi connectivity index (χ0n) is 22.3. The van der Waals surface area contributed by atoms with Crippen LogP contribution in [0.5, 0.6) is 11.5 Å². The Bertz CT molecular complexity index is 800. The SMILES string of the molecule is CCC(S)(Oc1ccccc1)C(=O)[O-].CCC(S)(Oc1ccccc1)C(=O)[O-].CCC[CH2][Sn+2][CH2]CCC. The van der Waals surface area contributed by atoms with Gasteiger partial charge in [-0.2, -0.15) is 0 Å². The first kappa shape index (κ1) is 35.5. The summed E-state index contributed by atoms with van der Waals surface area (Å²) >= 11 is 8.03. The summed E-state index contributed by atoms with van der Waals surface area (Å²) in [5.41, 5.74) is 0. The van der Waals surface area contributed by atoms with E-state index in [0.29, 0.717) is 11.5 Å². The maximum absolute atomic E-state index is 10.7. The molecule has 0 aromatic heterocycles. The van der Waals surface area contributed by atoms with Crippen LogP contribution in [0, 0.1) is 0 Å². The first-order valence-electron chi connectivity index (χ1n) is 12.6. The van der Waals surface area contributed by atoms with Crippen molar-refractivity contribution in [3.8, 4) is 11.5 Å². The molecule has 6 nitrogen and oxygen atoms in total.